The van der Waals surface area contributed by atoms with E-state index >= 15 is 0 Å². The van der Waals surface area contributed by atoms with Crippen LogP contribution in [0.5, 0.6) is 0 Å². The van der Waals surface area contributed by atoms with Crippen molar-refractivity contribution in [2.45, 2.75) is 32.0 Å². The van der Waals surface area contributed by atoms with Crippen LogP contribution in [0.15, 0.2) is 52.1 Å². The second-order valence-corrected chi connectivity index (χ2v) is 8.83. The lowest BCUT2D eigenvalue weighted by Gasteiger charge is -2.09. The molecule has 36 heavy (non-hydrogen) atoms. The quantitative estimate of drug-likeness (QED) is 0.379. The summed E-state index contributed by atoms with van der Waals surface area (Å²) in [5, 5.41) is 8.92. The number of hydrogen-bond donors (Lipinski definition) is 2. The smallest absolute Gasteiger partial charge is 0.313 e. The van der Waals surface area contributed by atoms with Crippen molar-refractivity contribution < 1.29 is 13.2 Å². The molecule has 186 valence electrons. The van der Waals surface area contributed by atoms with E-state index in [1.54, 1.807) is 13.0 Å². The summed E-state index contributed by atoms with van der Waals surface area (Å²) in [7, 11) is 0. The molecule has 1 aliphatic rings. The molecule has 0 aliphatic heterocycles. The number of H-pyrrole nitrogens is 2. The van der Waals surface area contributed by atoms with Crippen molar-refractivity contribution in [1.82, 2.24) is 34.4 Å². The van der Waals surface area contributed by atoms with Crippen LogP contribution in [-0.4, -0.2) is 46.3 Å². The number of nitrogens with zero attached hydrogens (tertiary/aromatic N) is 6. The van der Waals surface area contributed by atoms with Gasteiger partial charge in [-0.3, -0.25) is 19.4 Å². The number of allylic oxidation sites excluding steroid dienone is 1. The SMILES string of the molecule is C=C(c1ncc(Cl)n1/N=C(\C)c1c[nH]c(=O)[nH]c1=O)C1C[C@H]1c1cc2c(cn1)cnn2CC(F)(F)F. The topological polar surface area (TPSA) is 127 Å². The molecule has 0 aromatic carbocycles. The summed E-state index contributed by atoms with van der Waals surface area (Å²) in [6.07, 6.45) is 1.78. The van der Waals surface area contributed by atoms with Crippen molar-refractivity contribution in [3.8, 4) is 0 Å². The van der Waals surface area contributed by atoms with Crippen LogP contribution in [0.1, 0.15) is 36.3 Å². The second kappa shape index (κ2) is 8.59. The summed E-state index contributed by atoms with van der Waals surface area (Å²) in [6.45, 7) is 4.53. The van der Waals surface area contributed by atoms with Gasteiger partial charge in [-0.15, -0.1) is 0 Å². The lowest BCUT2D eigenvalue weighted by atomic mass is 10.1. The van der Waals surface area contributed by atoms with Crippen molar-refractivity contribution in [3.05, 3.63) is 80.5 Å². The number of fused-ring (bicyclic) bond motifs is 1. The average Bonchev–Trinajstić information content (AvgIpc) is 3.40. The van der Waals surface area contributed by atoms with E-state index in [-0.39, 0.29) is 28.3 Å². The van der Waals surface area contributed by atoms with Crippen LogP contribution >= 0.6 is 11.6 Å². The van der Waals surface area contributed by atoms with Gasteiger partial charge in [-0.1, -0.05) is 18.2 Å². The van der Waals surface area contributed by atoms with Crippen molar-refractivity contribution in [2.75, 3.05) is 0 Å². The van der Waals surface area contributed by atoms with Gasteiger partial charge >= 0.3 is 11.9 Å². The number of pyridine rings is 1. The summed E-state index contributed by atoms with van der Waals surface area (Å²) < 4.78 is 40.9. The van der Waals surface area contributed by atoms with E-state index in [0.29, 0.717) is 34.4 Å². The highest BCUT2D eigenvalue weighted by Crippen LogP contribution is 2.53. The number of rotatable bonds is 6. The fourth-order valence-corrected chi connectivity index (χ4v) is 4.25. The summed E-state index contributed by atoms with van der Waals surface area (Å²) in [5.41, 5.74) is 0.770. The van der Waals surface area contributed by atoms with Crippen molar-refractivity contribution >= 4 is 33.8 Å². The Bertz CT molecular complexity index is 1650. The monoisotopic (exact) mass is 518 g/mol. The number of aromatic amines is 2. The summed E-state index contributed by atoms with van der Waals surface area (Å²) in [4.78, 5) is 36.6. The van der Waals surface area contributed by atoms with Crippen LogP contribution in [0.3, 0.4) is 0 Å². The maximum absolute atomic E-state index is 12.9. The molecular formula is C22H18ClF3N8O2. The molecule has 1 unspecified atom stereocenters. The lowest BCUT2D eigenvalue weighted by molar-refractivity contribution is -0.141. The standard InChI is InChI=1S/C22H18ClF3N8O2/c1-10(19-28-8-18(23)34(19)32-11(2)15-7-29-21(36)31-20(15)35)13-3-14(13)16-4-17-12(5-27-16)6-30-33(17)9-22(24,25)26/h4-8,13-14H,1,3,9H2,2H3,(H2,29,31,35,36)/b32-11+/t13?,14-/m1/s1. The third-order valence-corrected chi connectivity index (χ3v) is 6.19. The Kier molecular flexibility index (Phi) is 5.66. The molecule has 14 heteroatoms. The van der Waals surface area contributed by atoms with Crippen molar-refractivity contribution in [3.63, 3.8) is 0 Å². The Balaban J connectivity index is 1.41. The molecule has 5 rings (SSSR count). The maximum atomic E-state index is 12.9. The fraction of sp³-hybridized carbons (Fsp3) is 0.273. The highest BCUT2D eigenvalue weighted by molar-refractivity contribution is 6.29. The first-order valence-corrected chi connectivity index (χ1v) is 11.1. The minimum atomic E-state index is -4.40. The zero-order valence-electron chi connectivity index (χ0n) is 18.7. The molecule has 1 aliphatic carbocycles. The molecule has 1 saturated carbocycles. The first-order valence-electron chi connectivity index (χ1n) is 10.7. The van der Waals surface area contributed by atoms with Gasteiger partial charge in [0.2, 0.25) is 0 Å². The predicted molar refractivity (Wildman–Crippen MR) is 126 cm³/mol. The summed E-state index contributed by atoms with van der Waals surface area (Å²) in [6, 6.07) is 1.62. The minimum absolute atomic E-state index is 0.0767. The summed E-state index contributed by atoms with van der Waals surface area (Å²) in [5.74, 6) is 0.209. The Labute approximate surface area is 205 Å². The molecule has 0 spiro atoms. The highest BCUT2D eigenvalue weighted by Gasteiger charge is 2.43. The number of nitrogens with one attached hydrogen (secondary N) is 2. The molecule has 0 amide bonds. The van der Waals surface area contributed by atoms with E-state index < -0.39 is 24.0 Å². The van der Waals surface area contributed by atoms with Gasteiger partial charge in [0.25, 0.3) is 5.56 Å². The largest absolute Gasteiger partial charge is 0.408 e. The van der Waals surface area contributed by atoms with Crippen LogP contribution in [-0.2, 0) is 6.54 Å². The molecule has 2 atom stereocenters. The average molecular weight is 519 g/mol. The van der Waals surface area contributed by atoms with Crippen LogP contribution in [0.2, 0.25) is 5.15 Å². The van der Waals surface area contributed by atoms with E-state index in [4.69, 9.17) is 11.6 Å². The first-order chi connectivity index (χ1) is 17.0. The van der Waals surface area contributed by atoms with Gasteiger partial charge in [0, 0.05) is 29.4 Å². The number of aromatic nitrogens is 7. The van der Waals surface area contributed by atoms with Crippen LogP contribution in [0.4, 0.5) is 13.2 Å². The zero-order valence-corrected chi connectivity index (χ0v) is 19.4. The third-order valence-electron chi connectivity index (χ3n) is 5.94. The Morgan fingerprint density at radius 3 is 2.78 bits per heavy atom. The second-order valence-electron chi connectivity index (χ2n) is 8.45. The maximum Gasteiger partial charge on any atom is 0.408 e. The molecule has 10 nitrogen and oxygen atoms in total. The van der Waals surface area contributed by atoms with Gasteiger partial charge in [-0.2, -0.15) is 23.4 Å². The Morgan fingerprint density at radius 2 is 2.06 bits per heavy atom. The normalized spacial score (nSPS) is 18.1. The fourth-order valence-electron chi connectivity index (χ4n) is 4.08. The van der Waals surface area contributed by atoms with Gasteiger partial charge in [-0.05, 0) is 30.9 Å². The Morgan fingerprint density at radius 1 is 1.28 bits per heavy atom. The van der Waals surface area contributed by atoms with Gasteiger partial charge in [0.05, 0.1) is 29.2 Å². The zero-order chi connectivity index (χ0) is 25.8. The lowest BCUT2D eigenvalue weighted by Crippen LogP contribution is -2.26. The van der Waals surface area contributed by atoms with E-state index in [2.05, 4.69) is 36.7 Å². The van der Waals surface area contributed by atoms with E-state index in [1.165, 1.54) is 29.5 Å². The van der Waals surface area contributed by atoms with Gasteiger partial charge in [-0.25, -0.2) is 14.5 Å². The number of alkyl halides is 3. The predicted octanol–water partition coefficient (Wildman–Crippen LogP) is 3.31. The van der Waals surface area contributed by atoms with Crippen LogP contribution < -0.4 is 11.2 Å². The molecule has 2 N–H and O–H groups in total. The number of halogens is 4. The van der Waals surface area contributed by atoms with Crippen molar-refractivity contribution in [1.29, 1.82) is 0 Å². The third kappa shape index (κ3) is 4.49. The van der Waals surface area contributed by atoms with Gasteiger partial charge in [0.1, 0.15) is 6.54 Å². The highest BCUT2D eigenvalue weighted by atomic mass is 35.5. The van der Waals surface area contributed by atoms with Gasteiger partial charge in [0.15, 0.2) is 11.0 Å². The molecule has 1 fully saturated rings. The first kappa shape index (κ1) is 23.7. The summed E-state index contributed by atoms with van der Waals surface area (Å²) >= 11 is 6.28. The number of imidazole rings is 1. The molecule has 0 bridgehead atoms. The molecule has 4 aromatic heterocycles. The molecule has 0 saturated heterocycles. The molecular weight excluding hydrogens is 501 g/mol. The van der Waals surface area contributed by atoms with Crippen LogP contribution in [0, 0.1) is 5.92 Å². The van der Waals surface area contributed by atoms with Crippen molar-refractivity contribution in [2.24, 2.45) is 11.0 Å². The van der Waals surface area contributed by atoms with Gasteiger partial charge < -0.3 is 4.98 Å². The molecule has 4 heterocycles. The Hall–Kier alpha value is -4.00. The van der Waals surface area contributed by atoms with E-state index in [1.807, 2.05) is 0 Å². The van der Waals surface area contributed by atoms with E-state index in [9.17, 15) is 22.8 Å². The minimum Gasteiger partial charge on any atom is -0.313 e. The van der Waals surface area contributed by atoms with E-state index in [0.717, 1.165) is 4.68 Å². The molecule has 0 radical (unpaired) electrons. The van der Waals surface area contributed by atoms with Crippen LogP contribution in [0.25, 0.3) is 16.5 Å². The number of hydrogen-bond acceptors (Lipinski definition) is 6. The molecule has 4 aromatic rings.